The fraction of sp³-hybridized carbons (Fsp3) is 0.625. The van der Waals surface area contributed by atoms with Gasteiger partial charge in [0.15, 0.2) is 0 Å². The number of hydrogen-bond acceptors (Lipinski definition) is 6. The van der Waals surface area contributed by atoms with Gasteiger partial charge in [0.2, 0.25) is 5.91 Å². The fourth-order valence-electron chi connectivity index (χ4n) is 4.74. The number of imide groups is 1. The number of benzene rings is 1. The van der Waals surface area contributed by atoms with E-state index in [-0.39, 0.29) is 18.0 Å². The number of nitrogens with one attached hydrogen (secondary N) is 1. The summed E-state index contributed by atoms with van der Waals surface area (Å²) in [4.78, 5) is 44.1. The number of urea groups is 1. The van der Waals surface area contributed by atoms with Crippen LogP contribution in [0.5, 0.6) is 0 Å². The van der Waals surface area contributed by atoms with Gasteiger partial charge in [0.25, 0.3) is 0 Å². The lowest BCUT2D eigenvalue weighted by molar-refractivity contribution is -0.120. The molecule has 1 aromatic carbocycles. The molecule has 3 aliphatic heterocycles. The van der Waals surface area contributed by atoms with Gasteiger partial charge < -0.3 is 14.5 Å². The zero-order chi connectivity index (χ0) is 23.6. The molecule has 9 nitrogen and oxygen atoms in total. The van der Waals surface area contributed by atoms with Gasteiger partial charge in [-0.3, -0.25) is 19.9 Å². The molecule has 4 rings (SSSR count). The molecule has 33 heavy (non-hydrogen) atoms. The summed E-state index contributed by atoms with van der Waals surface area (Å²) in [5, 5.41) is 2.36. The number of likely N-dealkylation sites (tertiary alicyclic amines) is 1. The van der Waals surface area contributed by atoms with E-state index in [0.29, 0.717) is 19.0 Å². The van der Waals surface area contributed by atoms with Crippen molar-refractivity contribution in [1.82, 2.24) is 15.1 Å². The van der Waals surface area contributed by atoms with Crippen molar-refractivity contribution in [1.29, 1.82) is 0 Å². The van der Waals surface area contributed by atoms with E-state index < -0.39 is 5.60 Å². The van der Waals surface area contributed by atoms with E-state index in [9.17, 15) is 14.4 Å². The second-order valence-electron chi connectivity index (χ2n) is 9.99. The third kappa shape index (κ3) is 5.76. The van der Waals surface area contributed by atoms with Gasteiger partial charge in [-0.2, -0.15) is 0 Å². The molecular formula is C24H35N5O4. The van der Waals surface area contributed by atoms with E-state index in [2.05, 4.69) is 15.1 Å². The highest BCUT2D eigenvalue weighted by molar-refractivity contribution is 6.05. The van der Waals surface area contributed by atoms with Gasteiger partial charge in [0.05, 0.1) is 0 Å². The third-order valence-corrected chi connectivity index (χ3v) is 6.53. The SMILES string of the molecule is CC(C)(C)OC(=O)N1CCC(N2CCN(c3ccc(N4CCC(=O)NC4=O)cc3)CC2)CC1. The lowest BCUT2D eigenvalue weighted by Crippen LogP contribution is -2.54. The first-order chi connectivity index (χ1) is 15.7. The maximum atomic E-state index is 12.3. The molecule has 0 bridgehead atoms. The van der Waals surface area contributed by atoms with Crippen LogP contribution in [0.15, 0.2) is 24.3 Å². The minimum Gasteiger partial charge on any atom is -0.444 e. The summed E-state index contributed by atoms with van der Waals surface area (Å²) in [6.07, 6.45) is 2.08. The highest BCUT2D eigenvalue weighted by atomic mass is 16.6. The van der Waals surface area contributed by atoms with Crippen LogP contribution >= 0.6 is 0 Å². The Morgan fingerprint density at radius 3 is 2.09 bits per heavy atom. The summed E-state index contributed by atoms with van der Waals surface area (Å²) in [7, 11) is 0. The molecule has 0 atom stereocenters. The Morgan fingerprint density at radius 1 is 0.909 bits per heavy atom. The number of hydrogen-bond donors (Lipinski definition) is 1. The van der Waals surface area contributed by atoms with Gasteiger partial charge in [0, 0.05) is 69.7 Å². The lowest BCUT2D eigenvalue weighted by Gasteiger charge is -2.43. The molecule has 4 amide bonds. The Balaban J connectivity index is 1.24. The number of ether oxygens (including phenoxy) is 1. The molecule has 3 aliphatic rings. The number of amides is 4. The smallest absolute Gasteiger partial charge is 0.410 e. The van der Waals surface area contributed by atoms with Crippen LogP contribution in [-0.4, -0.2) is 85.3 Å². The lowest BCUT2D eigenvalue weighted by atomic mass is 10.0. The minimum absolute atomic E-state index is 0.206. The van der Waals surface area contributed by atoms with Gasteiger partial charge >= 0.3 is 12.1 Å². The number of piperazine rings is 1. The number of carbonyl (C=O) groups excluding carboxylic acids is 3. The fourth-order valence-corrected chi connectivity index (χ4v) is 4.74. The van der Waals surface area contributed by atoms with Crippen LogP contribution in [0.25, 0.3) is 0 Å². The van der Waals surface area contributed by atoms with Gasteiger partial charge in [-0.15, -0.1) is 0 Å². The maximum absolute atomic E-state index is 12.3. The molecule has 3 heterocycles. The van der Waals surface area contributed by atoms with Crippen LogP contribution in [0.1, 0.15) is 40.0 Å². The standard InChI is InChI=1S/C24H35N5O4/c1-24(2,3)33-23(32)28-11-8-19(9-12-28)27-16-14-26(15-17-27)18-4-6-20(7-5-18)29-13-10-21(30)25-22(29)31/h4-7,19H,8-17H2,1-3H3,(H,25,30,31). The molecule has 0 unspecified atom stereocenters. The predicted octanol–water partition coefficient (Wildman–Crippen LogP) is 2.65. The monoisotopic (exact) mass is 457 g/mol. The Labute approximate surface area is 195 Å². The van der Waals surface area contributed by atoms with Gasteiger partial charge in [-0.25, -0.2) is 9.59 Å². The van der Waals surface area contributed by atoms with Crippen molar-refractivity contribution in [2.75, 3.05) is 55.6 Å². The summed E-state index contributed by atoms with van der Waals surface area (Å²) in [6, 6.07) is 8.15. The molecule has 0 aliphatic carbocycles. The Hall–Kier alpha value is -2.81. The first kappa shape index (κ1) is 23.4. The highest BCUT2D eigenvalue weighted by Gasteiger charge is 2.31. The van der Waals surface area contributed by atoms with Crippen molar-refractivity contribution in [2.24, 2.45) is 0 Å². The van der Waals surface area contributed by atoms with Crippen molar-refractivity contribution in [2.45, 2.75) is 51.7 Å². The van der Waals surface area contributed by atoms with Crippen molar-refractivity contribution in [3.8, 4) is 0 Å². The molecule has 0 aromatic heterocycles. The average Bonchev–Trinajstić information content (AvgIpc) is 2.78. The quantitative estimate of drug-likeness (QED) is 0.751. The van der Waals surface area contributed by atoms with Crippen molar-refractivity contribution >= 4 is 29.4 Å². The molecule has 9 heteroatoms. The summed E-state index contributed by atoms with van der Waals surface area (Å²) in [5.74, 6) is -0.221. The van der Waals surface area contributed by atoms with Crippen molar-refractivity contribution in [3.05, 3.63) is 24.3 Å². The van der Waals surface area contributed by atoms with Crippen LogP contribution in [0, 0.1) is 0 Å². The van der Waals surface area contributed by atoms with Crippen LogP contribution in [-0.2, 0) is 9.53 Å². The van der Waals surface area contributed by atoms with E-state index in [1.54, 1.807) is 4.90 Å². The molecule has 0 saturated carbocycles. The maximum Gasteiger partial charge on any atom is 0.410 e. The van der Waals surface area contributed by atoms with Crippen LogP contribution in [0.4, 0.5) is 21.0 Å². The van der Waals surface area contributed by atoms with Crippen LogP contribution in [0.3, 0.4) is 0 Å². The average molecular weight is 458 g/mol. The largest absolute Gasteiger partial charge is 0.444 e. The van der Waals surface area contributed by atoms with E-state index >= 15 is 0 Å². The highest BCUT2D eigenvalue weighted by Crippen LogP contribution is 2.25. The zero-order valence-electron chi connectivity index (χ0n) is 19.9. The molecule has 0 spiro atoms. The number of piperidine rings is 1. The summed E-state index contributed by atoms with van der Waals surface area (Å²) in [5.41, 5.74) is 1.49. The molecule has 1 aromatic rings. The van der Waals surface area contributed by atoms with Gasteiger partial charge in [0.1, 0.15) is 5.60 Å². The van der Waals surface area contributed by atoms with Crippen LogP contribution < -0.4 is 15.1 Å². The first-order valence-corrected chi connectivity index (χ1v) is 11.9. The second kappa shape index (κ2) is 9.59. The summed E-state index contributed by atoms with van der Waals surface area (Å²) < 4.78 is 5.51. The van der Waals surface area contributed by atoms with E-state index in [4.69, 9.17) is 4.74 Å². The van der Waals surface area contributed by atoms with Crippen molar-refractivity contribution < 1.29 is 19.1 Å². The molecule has 1 N–H and O–H groups in total. The van der Waals surface area contributed by atoms with Crippen LogP contribution in [0.2, 0.25) is 0 Å². The Kier molecular flexibility index (Phi) is 6.78. The predicted molar refractivity (Wildman–Crippen MR) is 127 cm³/mol. The number of nitrogens with zero attached hydrogens (tertiary/aromatic N) is 4. The van der Waals surface area contributed by atoms with Crippen molar-refractivity contribution in [3.63, 3.8) is 0 Å². The second-order valence-corrected chi connectivity index (χ2v) is 9.99. The Morgan fingerprint density at radius 2 is 1.52 bits per heavy atom. The molecule has 0 radical (unpaired) electrons. The summed E-state index contributed by atoms with van der Waals surface area (Å²) in [6.45, 7) is 11.5. The van der Waals surface area contributed by atoms with E-state index in [0.717, 1.165) is 63.5 Å². The number of anilines is 2. The minimum atomic E-state index is -0.457. The first-order valence-electron chi connectivity index (χ1n) is 11.9. The van der Waals surface area contributed by atoms with E-state index in [1.807, 2.05) is 49.9 Å². The molecular weight excluding hydrogens is 422 g/mol. The molecule has 3 fully saturated rings. The topological polar surface area (TPSA) is 85.4 Å². The molecule has 3 saturated heterocycles. The Bertz CT molecular complexity index is 866. The van der Waals surface area contributed by atoms with E-state index in [1.165, 1.54) is 0 Å². The normalized spacial score (nSPS) is 21.2. The van der Waals surface area contributed by atoms with Gasteiger partial charge in [-0.05, 0) is 57.9 Å². The number of rotatable bonds is 3. The van der Waals surface area contributed by atoms with Gasteiger partial charge in [-0.1, -0.05) is 0 Å². The zero-order valence-corrected chi connectivity index (χ0v) is 19.9. The number of carbonyl (C=O) groups is 3. The third-order valence-electron chi connectivity index (χ3n) is 6.53. The molecule has 180 valence electrons. The summed E-state index contributed by atoms with van der Waals surface area (Å²) >= 11 is 0.